The Balaban J connectivity index is 0.00000576. The van der Waals surface area contributed by atoms with Crippen molar-refractivity contribution >= 4 is 41.9 Å². The maximum absolute atomic E-state index is 11.7. The Kier molecular flexibility index (Phi) is 13.2. The van der Waals surface area contributed by atoms with E-state index in [1.807, 2.05) is 6.92 Å². The predicted octanol–water partition coefficient (Wildman–Crippen LogP) is 0.153. The van der Waals surface area contributed by atoms with Crippen LogP contribution in [0.5, 0.6) is 0 Å². The van der Waals surface area contributed by atoms with E-state index >= 15 is 0 Å². The summed E-state index contributed by atoms with van der Waals surface area (Å²) in [6.45, 7) is 4.96. The van der Waals surface area contributed by atoms with Gasteiger partial charge in [0.15, 0.2) is 5.96 Å². The molecular formula is C15H30IN5O4. The monoisotopic (exact) mass is 471 g/mol. The topological polar surface area (TPSA) is 104 Å². The second-order valence-electron chi connectivity index (χ2n) is 5.41. The number of guanidine groups is 1. The number of nitrogens with one attached hydrogen (secondary N) is 3. The third-order valence-corrected chi connectivity index (χ3v) is 3.62. The third kappa shape index (κ3) is 9.68. The summed E-state index contributed by atoms with van der Waals surface area (Å²) in [6.07, 6.45) is 1.32. The third-order valence-electron chi connectivity index (χ3n) is 3.62. The number of methoxy groups -OCH3 is 2. The normalized spacial score (nSPS) is 15.2. The summed E-state index contributed by atoms with van der Waals surface area (Å²) >= 11 is 0. The van der Waals surface area contributed by atoms with Crippen LogP contribution in [0.15, 0.2) is 4.99 Å². The van der Waals surface area contributed by atoms with Gasteiger partial charge < -0.3 is 30.3 Å². The van der Waals surface area contributed by atoms with Gasteiger partial charge in [0.1, 0.15) is 6.54 Å². The van der Waals surface area contributed by atoms with Gasteiger partial charge in [-0.25, -0.2) is 9.79 Å². The summed E-state index contributed by atoms with van der Waals surface area (Å²) in [7, 11) is 2.98. The number of carbonyl (C=O) groups is 2. The smallest absolute Gasteiger partial charge is 0.409 e. The van der Waals surface area contributed by atoms with Crippen molar-refractivity contribution in [2.75, 3.05) is 53.6 Å². The Morgan fingerprint density at radius 3 is 2.44 bits per heavy atom. The first-order chi connectivity index (χ1) is 11.6. The van der Waals surface area contributed by atoms with Crippen molar-refractivity contribution in [2.45, 2.75) is 25.8 Å². The van der Waals surface area contributed by atoms with E-state index in [0.29, 0.717) is 38.7 Å². The molecule has 1 fully saturated rings. The van der Waals surface area contributed by atoms with Crippen LogP contribution in [-0.2, 0) is 14.3 Å². The Morgan fingerprint density at radius 1 is 1.20 bits per heavy atom. The number of likely N-dealkylation sites (tertiary alicyclic amines) is 1. The van der Waals surface area contributed by atoms with Crippen molar-refractivity contribution in [3.63, 3.8) is 0 Å². The lowest BCUT2D eigenvalue weighted by Crippen LogP contribution is -2.50. The zero-order valence-corrected chi connectivity index (χ0v) is 17.5. The highest BCUT2D eigenvalue weighted by Crippen LogP contribution is 2.11. The van der Waals surface area contributed by atoms with E-state index in [2.05, 4.69) is 20.9 Å². The van der Waals surface area contributed by atoms with Crippen molar-refractivity contribution in [1.82, 2.24) is 20.9 Å². The van der Waals surface area contributed by atoms with Crippen molar-refractivity contribution in [3.05, 3.63) is 0 Å². The Hall–Kier alpha value is -1.30. The molecule has 1 aliphatic rings. The molecule has 1 heterocycles. The quantitative estimate of drug-likeness (QED) is 0.212. The molecule has 0 spiro atoms. The highest BCUT2D eigenvalue weighted by atomic mass is 127. The molecule has 1 rings (SSSR count). The molecule has 146 valence electrons. The Morgan fingerprint density at radius 2 is 1.88 bits per heavy atom. The molecule has 10 heteroatoms. The maximum Gasteiger partial charge on any atom is 0.409 e. The molecule has 1 saturated heterocycles. The predicted molar refractivity (Wildman–Crippen MR) is 106 cm³/mol. The van der Waals surface area contributed by atoms with Gasteiger partial charge in [0.2, 0.25) is 5.91 Å². The van der Waals surface area contributed by atoms with Crippen molar-refractivity contribution in [2.24, 2.45) is 4.99 Å². The van der Waals surface area contributed by atoms with E-state index in [1.54, 1.807) is 12.0 Å². The fourth-order valence-electron chi connectivity index (χ4n) is 2.35. The van der Waals surface area contributed by atoms with E-state index in [-0.39, 0.29) is 48.6 Å². The van der Waals surface area contributed by atoms with E-state index in [4.69, 9.17) is 9.47 Å². The molecule has 0 radical (unpaired) electrons. The first-order valence-corrected chi connectivity index (χ1v) is 8.24. The molecule has 9 nitrogen and oxygen atoms in total. The standard InChI is InChI=1S/C15H29N5O4.HI/c1-4-16-14(18-11-13(21)17-7-10-23-2)19-12-5-8-20(9-6-12)15(22)24-3;/h12H,4-11H2,1-3H3,(H,17,21)(H2,16,18,19);1H. The average molecular weight is 471 g/mol. The lowest BCUT2D eigenvalue weighted by atomic mass is 10.1. The van der Waals surface area contributed by atoms with Crippen LogP contribution in [0.2, 0.25) is 0 Å². The molecule has 3 N–H and O–H groups in total. The number of halogens is 1. The van der Waals surface area contributed by atoms with Gasteiger partial charge in [0.25, 0.3) is 0 Å². The first-order valence-electron chi connectivity index (χ1n) is 8.24. The van der Waals surface area contributed by atoms with E-state index in [9.17, 15) is 9.59 Å². The van der Waals surface area contributed by atoms with Gasteiger partial charge in [0, 0.05) is 39.3 Å². The summed E-state index contributed by atoms with van der Waals surface area (Å²) in [5, 5.41) is 9.16. The molecule has 2 amide bonds. The molecule has 0 aliphatic carbocycles. The molecule has 0 saturated carbocycles. The second-order valence-corrected chi connectivity index (χ2v) is 5.41. The van der Waals surface area contributed by atoms with Gasteiger partial charge in [-0.1, -0.05) is 0 Å². The fraction of sp³-hybridized carbons (Fsp3) is 0.800. The van der Waals surface area contributed by atoms with Gasteiger partial charge in [0.05, 0.1) is 13.7 Å². The molecule has 25 heavy (non-hydrogen) atoms. The minimum Gasteiger partial charge on any atom is -0.453 e. The number of amides is 2. The summed E-state index contributed by atoms with van der Waals surface area (Å²) in [4.78, 5) is 29.1. The van der Waals surface area contributed by atoms with Crippen LogP contribution in [0.4, 0.5) is 4.79 Å². The molecule has 0 atom stereocenters. The zero-order valence-electron chi connectivity index (χ0n) is 15.2. The highest BCUT2D eigenvalue weighted by molar-refractivity contribution is 14.0. The second kappa shape index (κ2) is 13.9. The molecule has 0 unspecified atom stereocenters. The number of piperidine rings is 1. The summed E-state index contributed by atoms with van der Waals surface area (Å²) in [6, 6.07) is 0.209. The van der Waals surface area contributed by atoms with Crippen LogP contribution in [0.3, 0.4) is 0 Å². The fourth-order valence-corrected chi connectivity index (χ4v) is 2.35. The summed E-state index contributed by atoms with van der Waals surface area (Å²) < 4.78 is 9.61. The van der Waals surface area contributed by atoms with Crippen LogP contribution in [0.1, 0.15) is 19.8 Å². The number of hydrogen-bond acceptors (Lipinski definition) is 5. The largest absolute Gasteiger partial charge is 0.453 e. The van der Waals surface area contributed by atoms with Crippen LogP contribution < -0.4 is 16.0 Å². The first kappa shape index (κ1) is 23.7. The van der Waals surface area contributed by atoms with Crippen molar-refractivity contribution in [3.8, 4) is 0 Å². The number of ether oxygens (including phenoxy) is 2. The number of carbonyl (C=O) groups excluding carboxylic acids is 2. The van der Waals surface area contributed by atoms with Gasteiger partial charge in [-0.05, 0) is 19.8 Å². The zero-order chi connectivity index (χ0) is 17.8. The van der Waals surface area contributed by atoms with E-state index in [1.165, 1.54) is 7.11 Å². The maximum atomic E-state index is 11.7. The SMILES string of the molecule is CCNC(=NCC(=O)NCCOC)NC1CCN(C(=O)OC)CC1.I. The van der Waals surface area contributed by atoms with Gasteiger partial charge >= 0.3 is 6.09 Å². The molecule has 0 bridgehead atoms. The van der Waals surface area contributed by atoms with Crippen LogP contribution >= 0.6 is 24.0 Å². The van der Waals surface area contributed by atoms with Gasteiger partial charge in [-0.15, -0.1) is 24.0 Å². The molecule has 0 aromatic heterocycles. The summed E-state index contributed by atoms with van der Waals surface area (Å²) in [5.41, 5.74) is 0. The molecule has 0 aromatic carbocycles. The lowest BCUT2D eigenvalue weighted by Gasteiger charge is -2.32. The number of rotatable bonds is 7. The van der Waals surface area contributed by atoms with E-state index < -0.39 is 0 Å². The van der Waals surface area contributed by atoms with Crippen molar-refractivity contribution < 1.29 is 19.1 Å². The molecule has 1 aliphatic heterocycles. The number of aliphatic imine (C=N–C) groups is 1. The average Bonchev–Trinajstić information content (AvgIpc) is 2.60. The van der Waals surface area contributed by atoms with Gasteiger partial charge in [-0.3, -0.25) is 4.79 Å². The minimum atomic E-state index is -0.290. The summed E-state index contributed by atoms with van der Waals surface area (Å²) in [5.74, 6) is 0.459. The molecular weight excluding hydrogens is 441 g/mol. The number of hydrogen-bond donors (Lipinski definition) is 3. The van der Waals surface area contributed by atoms with Crippen LogP contribution in [0.25, 0.3) is 0 Å². The minimum absolute atomic E-state index is 0. The lowest BCUT2D eigenvalue weighted by molar-refractivity contribution is -0.119. The highest BCUT2D eigenvalue weighted by Gasteiger charge is 2.23. The van der Waals surface area contributed by atoms with E-state index in [0.717, 1.165) is 12.8 Å². The Bertz CT molecular complexity index is 428. The molecule has 0 aromatic rings. The van der Waals surface area contributed by atoms with Crippen molar-refractivity contribution in [1.29, 1.82) is 0 Å². The van der Waals surface area contributed by atoms with Gasteiger partial charge in [-0.2, -0.15) is 0 Å². The van der Waals surface area contributed by atoms with Crippen LogP contribution in [-0.4, -0.2) is 82.5 Å². The van der Waals surface area contributed by atoms with Crippen LogP contribution in [0, 0.1) is 0 Å². The number of nitrogens with zero attached hydrogens (tertiary/aromatic N) is 2. The Labute approximate surface area is 166 Å².